The van der Waals surface area contributed by atoms with Gasteiger partial charge in [0.25, 0.3) is 0 Å². The summed E-state index contributed by atoms with van der Waals surface area (Å²) in [5.74, 6) is 1.12. The lowest BCUT2D eigenvalue weighted by Gasteiger charge is -2.11. The highest BCUT2D eigenvalue weighted by atomic mass is 35.5. The highest BCUT2D eigenvalue weighted by Gasteiger charge is 2.12. The Morgan fingerprint density at radius 3 is 2.60 bits per heavy atom. The number of benzene rings is 1. The molecule has 0 aliphatic rings. The van der Waals surface area contributed by atoms with Crippen molar-refractivity contribution in [2.24, 2.45) is 0 Å². The first kappa shape index (κ1) is 11.7. The van der Waals surface area contributed by atoms with Crippen molar-refractivity contribution >= 4 is 11.6 Å². The summed E-state index contributed by atoms with van der Waals surface area (Å²) in [6.45, 7) is 0. The van der Waals surface area contributed by atoms with E-state index in [1.807, 2.05) is 6.07 Å². The molecule has 1 rings (SSSR count). The minimum absolute atomic E-state index is 0.440. The molecule has 0 aliphatic heterocycles. The lowest BCUT2D eigenvalue weighted by molar-refractivity contribution is 0.354. The Morgan fingerprint density at radius 1 is 1.33 bits per heavy atom. The van der Waals surface area contributed by atoms with Crippen LogP contribution in [0.3, 0.4) is 0 Å². The van der Waals surface area contributed by atoms with Crippen LogP contribution in [0, 0.1) is 11.3 Å². The Kier molecular flexibility index (Phi) is 4.26. The molecule has 0 fully saturated rings. The second-order valence-corrected chi connectivity index (χ2v) is 3.31. The summed E-state index contributed by atoms with van der Waals surface area (Å²) in [6, 6.07) is 5.72. The van der Waals surface area contributed by atoms with E-state index in [1.54, 1.807) is 13.2 Å². The number of hydrogen-bond donors (Lipinski definition) is 0. The van der Waals surface area contributed by atoms with E-state index in [-0.39, 0.29) is 0 Å². The average Bonchev–Trinajstić information content (AvgIpc) is 2.27. The van der Waals surface area contributed by atoms with E-state index in [1.165, 1.54) is 7.11 Å². The third kappa shape index (κ3) is 2.54. The van der Waals surface area contributed by atoms with Crippen molar-refractivity contribution in [3.05, 3.63) is 22.7 Å². The SMILES string of the molecule is COc1ccc(CCC#N)c(Cl)c1OC. The zero-order valence-electron chi connectivity index (χ0n) is 8.71. The Bertz CT molecular complexity index is 385. The summed E-state index contributed by atoms with van der Waals surface area (Å²) in [7, 11) is 3.10. The van der Waals surface area contributed by atoms with E-state index < -0.39 is 0 Å². The number of nitrogens with zero attached hydrogens (tertiary/aromatic N) is 1. The number of aryl methyl sites for hydroxylation is 1. The molecule has 0 atom stereocenters. The van der Waals surface area contributed by atoms with E-state index in [0.29, 0.717) is 29.4 Å². The van der Waals surface area contributed by atoms with Gasteiger partial charge >= 0.3 is 0 Å². The molecule has 1 aromatic carbocycles. The van der Waals surface area contributed by atoms with Crippen molar-refractivity contribution in [3.8, 4) is 17.6 Å². The smallest absolute Gasteiger partial charge is 0.179 e. The zero-order chi connectivity index (χ0) is 11.3. The van der Waals surface area contributed by atoms with Crippen LogP contribution in [0.25, 0.3) is 0 Å². The van der Waals surface area contributed by atoms with Gasteiger partial charge in [-0.1, -0.05) is 17.7 Å². The number of ether oxygens (including phenoxy) is 2. The molecule has 0 N–H and O–H groups in total. The predicted octanol–water partition coefficient (Wildman–Crippen LogP) is 2.81. The van der Waals surface area contributed by atoms with Crippen molar-refractivity contribution in [2.45, 2.75) is 12.8 Å². The van der Waals surface area contributed by atoms with Gasteiger partial charge in [-0.3, -0.25) is 0 Å². The molecule has 0 saturated heterocycles. The van der Waals surface area contributed by atoms with Crippen molar-refractivity contribution in [3.63, 3.8) is 0 Å². The maximum absolute atomic E-state index is 8.50. The fraction of sp³-hybridized carbons (Fsp3) is 0.364. The largest absolute Gasteiger partial charge is 0.493 e. The molecular formula is C11H12ClNO2. The van der Waals surface area contributed by atoms with Gasteiger partial charge in [-0.2, -0.15) is 5.26 Å². The van der Waals surface area contributed by atoms with Crippen LogP contribution in [-0.2, 0) is 6.42 Å². The van der Waals surface area contributed by atoms with E-state index >= 15 is 0 Å². The third-order valence-corrected chi connectivity index (χ3v) is 2.49. The topological polar surface area (TPSA) is 42.2 Å². The molecule has 0 heterocycles. The van der Waals surface area contributed by atoms with Gasteiger partial charge in [0.1, 0.15) is 0 Å². The molecule has 3 nitrogen and oxygen atoms in total. The summed E-state index contributed by atoms with van der Waals surface area (Å²) in [5.41, 5.74) is 0.899. The Labute approximate surface area is 94.2 Å². The summed E-state index contributed by atoms with van der Waals surface area (Å²) in [4.78, 5) is 0. The van der Waals surface area contributed by atoms with Crippen LogP contribution < -0.4 is 9.47 Å². The van der Waals surface area contributed by atoms with Gasteiger partial charge in [0.2, 0.25) is 0 Å². The van der Waals surface area contributed by atoms with Gasteiger partial charge in [-0.15, -0.1) is 0 Å². The molecule has 0 saturated carbocycles. The molecular weight excluding hydrogens is 214 g/mol. The van der Waals surface area contributed by atoms with E-state index in [2.05, 4.69) is 6.07 Å². The highest BCUT2D eigenvalue weighted by molar-refractivity contribution is 6.33. The molecule has 0 aromatic heterocycles. The van der Waals surface area contributed by atoms with Crippen LogP contribution in [0.5, 0.6) is 11.5 Å². The van der Waals surface area contributed by atoms with Gasteiger partial charge in [-0.05, 0) is 18.1 Å². The van der Waals surface area contributed by atoms with Gasteiger partial charge in [0.15, 0.2) is 11.5 Å². The van der Waals surface area contributed by atoms with Gasteiger partial charge in [0, 0.05) is 6.42 Å². The van der Waals surface area contributed by atoms with Crippen LogP contribution in [0.4, 0.5) is 0 Å². The maximum atomic E-state index is 8.50. The van der Waals surface area contributed by atoms with Gasteiger partial charge in [-0.25, -0.2) is 0 Å². The average molecular weight is 226 g/mol. The standard InChI is InChI=1S/C11H12ClNO2/c1-14-9-6-5-8(4-3-7-13)10(12)11(9)15-2/h5-6H,3-4H2,1-2H3. The first-order valence-corrected chi connectivity index (χ1v) is 4.88. The van der Waals surface area contributed by atoms with Crippen LogP contribution in [0.1, 0.15) is 12.0 Å². The first-order chi connectivity index (χ1) is 7.24. The Morgan fingerprint density at radius 2 is 2.07 bits per heavy atom. The molecule has 0 bridgehead atoms. The number of rotatable bonds is 4. The first-order valence-electron chi connectivity index (χ1n) is 4.51. The van der Waals surface area contributed by atoms with Crippen molar-refractivity contribution in [1.82, 2.24) is 0 Å². The Balaban J connectivity index is 3.06. The lowest BCUT2D eigenvalue weighted by Crippen LogP contribution is -1.94. The highest BCUT2D eigenvalue weighted by Crippen LogP contribution is 2.37. The molecule has 15 heavy (non-hydrogen) atoms. The normalized spacial score (nSPS) is 9.47. The van der Waals surface area contributed by atoms with E-state index in [9.17, 15) is 0 Å². The number of methoxy groups -OCH3 is 2. The van der Waals surface area contributed by atoms with Crippen LogP contribution in [-0.4, -0.2) is 14.2 Å². The van der Waals surface area contributed by atoms with Crippen LogP contribution in [0.2, 0.25) is 5.02 Å². The predicted molar refractivity (Wildman–Crippen MR) is 58.5 cm³/mol. The summed E-state index contributed by atoms with van der Waals surface area (Å²) in [5, 5.41) is 9.02. The maximum Gasteiger partial charge on any atom is 0.179 e. The minimum atomic E-state index is 0.440. The third-order valence-electron chi connectivity index (χ3n) is 2.07. The second kappa shape index (κ2) is 5.47. The molecule has 1 aromatic rings. The molecule has 0 unspecified atom stereocenters. The van der Waals surface area contributed by atoms with Gasteiger partial charge < -0.3 is 9.47 Å². The molecule has 80 valence electrons. The Hall–Kier alpha value is -1.40. The zero-order valence-corrected chi connectivity index (χ0v) is 9.47. The van der Waals surface area contributed by atoms with Crippen molar-refractivity contribution < 1.29 is 9.47 Å². The lowest BCUT2D eigenvalue weighted by atomic mass is 10.1. The van der Waals surface area contributed by atoms with Crippen molar-refractivity contribution in [1.29, 1.82) is 5.26 Å². The molecule has 4 heteroatoms. The molecule has 0 amide bonds. The van der Waals surface area contributed by atoms with E-state index in [0.717, 1.165) is 5.56 Å². The summed E-state index contributed by atoms with van der Waals surface area (Å²) < 4.78 is 10.2. The molecule has 0 radical (unpaired) electrons. The van der Waals surface area contributed by atoms with Crippen LogP contribution in [0.15, 0.2) is 12.1 Å². The number of nitriles is 1. The monoisotopic (exact) mass is 225 g/mol. The second-order valence-electron chi connectivity index (χ2n) is 2.93. The number of hydrogen-bond acceptors (Lipinski definition) is 3. The molecule has 0 aliphatic carbocycles. The summed E-state index contributed by atoms with van der Waals surface area (Å²) in [6.07, 6.45) is 1.06. The number of halogens is 1. The quantitative estimate of drug-likeness (QED) is 0.791. The van der Waals surface area contributed by atoms with Crippen molar-refractivity contribution in [2.75, 3.05) is 14.2 Å². The summed E-state index contributed by atoms with van der Waals surface area (Å²) >= 11 is 6.11. The fourth-order valence-corrected chi connectivity index (χ4v) is 1.64. The fourth-order valence-electron chi connectivity index (χ4n) is 1.31. The molecule has 0 spiro atoms. The minimum Gasteiger partial charge on any atom is -0.493 e. The van der Waals surface area contributed by atoms with Gasteiger partial charge in [0.05, 0.1) is 25.3 Å². The van der Waals surface area contributed by atoms with Crippen LogP contribution >= 0.6 is 11.6 Å². The van der Waals surface area contributed by atoms with E-state index in [4.69, 9.17) is 26.3 Å².